The number of imide groups is 1. The zero-order valence-electron chi connectivity index (χ0n) is 9.57. The molecule has 0 saturated heterocycles. The van der Waals surface area contributed by atoms with Crippen molar-refractivity contribution < 1.29 is 9.59 Å². The highest BCUT2D eigenvalue weighted by molar-refractivity contribution is 6.11. The summed E-state index contributed by atoms with van der Waals surface area (Å²) in [6.45, 7) is 1.89. The third-order valence-corrected chi connectivity index (χ3v) is 3.14. The van der Waals surface area contributed by atoms with E-state index in [9.17, 15) is 9.59 Å². The van der Waals surface area contributed by atoms with Crippen LogP contribution in [0.1, 0.15) is 18.9 Å². The summed E-state index contributed by atoms with van der Waals surface area (Å²) in [5, 5.41) is 2.30. The van der Waals surface area contributed by atoms with Crippen LogP contribution in [-0.2, 0) is 15.0 Å². The number of carbonyl (C=O) groups excluding carboxylic acids is 2. The van der Waals surface area contributed by atoms with Crippen LogP contribution in [0.4, 0.5) is 0 Å². The van der Waals surface area contributed by atoms with E-state index in [1.807, 2.05) is 37.3 Å². The molecule has 0 aromatic heterocycles. The van der Waals surface area contributed by atoms with Crippen LogP contribution in [-0.4, -0.2) is 11.8 Å². The Bertz CT molecular complexity index is 493. The minimum Gasteiger partial charge on any atom is -0.394 e. The Balaban J connectivity index is 2.59. The Kier molecular flexibility index (Phi) is 2.71. The number of benzene rings is 1. The number of amides is 2. The van der Waals surface area contributed by atoms with E-state index in [0.717, 1.165) is 5.56 Å². The van der Waals surface area contributed by atoms with Crippen LogP contribution in [0, 0.1) is 0 Å². The minimum absolute atomic E-state index is 0.0929. The lowest BCUT2D eigenvalue weighted by Crippen LogP contribution is -2.51. The molecule has 1 aliphatic heterocycles. The molecule has 4 heteroatoms. The second kappa shape index (κ2) is 4.05. The molecule has 2 amide bonds. The first-order chi connectivity index (χ1) is 8.10. The van der Waals surface area contributed by atoms with Gasteiger partial charge in [0.1, 0.15) is 0 Å². The van der Waals surface area contributed by atoms with Gasteiger partial charge >= 0.3 is 0 Å². The predicted octanol–water partition coefficient (Wildman–Crippen LogP) is 0.833. The third kappa shape index (κ3) is 1.71. The number of carbonyl (C=O) groups is 2. The van der Waals surface area contributed by atoms with Gasteiger partial charge in [-0.2, -0.15) is 0 Å². The molecule has 0 spiro atoms. The molecule has 4 nitrogen and oxygen atoms in total. The Morgan fingerprint density at radius 1 is 1.24 bits per heavy atom. The van der Waals surface area contributed by atoms with Gasteiger partial charge in [0.25, 0.3) is 5.91 Å². The topological polar surface area (TPSA) is 72.2 Å². The molecule has 0 aliphatic carbocycles. The van der Waals surface area contributed by atoms with Crippen molar-refractivity contribution in [1.29, 1.82) is 0 Å². The molecule has 17 heavy (non-hydrogen) atoms. The van der Waals surface area contributed by atoms with Crippen molar-refractivity contribution in [3.63, 3.8) is 0 Å². The van der Waals surface area contributed by atoms with Crippen LogP contribution in [0.25, 0.3) is 0 Å². The van der Waals surface area contributed by atoms with Gasteiger partial charge in [0, 0.05) is 0 Å². The molecule has 0 saturated carbocycles. The number of nitrogens with one attached hydrogen (secondary N) is 1. The second-order valence-electron chi connectivity index (χ2n) is 4.07. The average molecular weight is 230 g/mol. The lowest BCUT2D eigenvalue weighted by atomic mass is 9.75. The molecular weight excluding hydrogens is 216 g/mol. The standard InChI is InChI=1S/C13H14N2O2/c1-2-13(9-6-4-3-5-7-9)8-10(14)11(16)15-12(13)17/h3-8H,2,14H2,1H3,(H,15,16,17)/t13-/m1/s1. The maximum absolute atomic E-state index is 12.1. The fraction of sp³-hybridized carbons (Fsp3) is 0.231. The normalized spacial score (nSPS) is 24.2. The van der Waals surface area contributed by atoms with Gasteiger partial charge in [-0.1, -0.05) is 37.3 Å². The molecule has 3 N–H and O–H groups in total. The van der Waals surface area contributed by atoms with E-state index in [4.69, 9.17) is 5.73 Å². The molecular formula is C13H14N2O2. The van der Waals surface area contributed by atoms with Crippen LogP contribution >= 0.6 is 0 Å². The van der Waals surface area contributed by atoms with Crippen molar-refractivity contribution in [2.24, 2.45) is 5.73 Å². The van der Waals surface area contributed by atoms with Crippen molar-refractivity contribution in [2.75, 3.05) is 0 Å². The summed E-state index contributed by atoms with van der Waals surface area (Å²) in [6, 6.07) is 9.33. The van der Waals surface area contributed by atoms with Crippen molar-refractivity contribution in [1.82, 2.24) is 5.32 Å². The van der Waals surface area contributed by atoms with E-state index in [-0.39, 0.29) is 11.6 Å². The van der Waals surface area contributed by atoms with Crippen LogP contribution < -0.4 is 11.1 Å². The average Bonchev–Trinajstić information content (AvgIpc) is 2.35. The SMILES string of the molecule is CC[C@]1(c2ccccc2)C=C(N)C(=O)NC1=O. The maximum Gasteiger partial charge on any atom is 0.273 e. The molecule has 1 aromatic rings. The van der Waals surface area contributed by atoms with Crippen LogP contribution in [0.3, 0.4) is 0 Å². The van der Waals surface area contributed by atoms with Crippen LogP contribution in [0.5, 0.6) is 0 Å². The van der Waals surface area contributed by atoms with E-state index < -0.39 is 11.3 Å². The van der Waals surface area contributed by atoms with Gasteiger partial charge in [-0.25, -0.2) is 0 Å². The molecule has 88 valence electrons. The minimum atomic E-state index is -0.834. The van der Waals surface area contributed by atoms with Gasteiger partial charge in [-0.3, -0.25) is 14.9 Å². The smallest absolute Gasteiger partial charge is 0.273 e. The van der Waals surface area contributed by atoms with Gasteiger partial charge in [-0.15, -0.1) is 0 Å². The van der Waals surface area contributed by atoms with Crippen LogP contribution in [0.15, 0.2) is 42.1 Å². The number of rotatable bonds is 2. The van der Waals surface area contributed by atoms with Gasteiger partial charge in [0.2, 0.25) is 5.91 Å². The highest BCUT2D eigenvalue weighted by Crippen LogP contribution is 2.32. The third-order valence-electron chi connectivity index (χ3n) is 3.14. The largest absolute Gasteiger partial charge is 0.394 e. The first kappa shape index (κ1) is 11.4. The predicted molar refractivity (Wildman–Crippen MR) is 63.8 cm³/mol. The van der Waals surface area contributed by atoms with E-state index in [1.54, 1.807) is 6.08 Å². The van der Waals surface area contributed by atoms with Crippen LogP contribution in [0.2, 0.25) is 0 Å². The fourth-order valence-corrected chi connectivity index (χ4v) is 2.10. The molecule has 1 aliphatic rings. The molecule has 0 bridgehead atoms. The zero-order valence-corrected chi connectivity index (χ0v) is 9.57. The zero-order chi connectivity index (χ0) is 12.5. The number of nitrogens with two attached hydrogens (primary N) is 1. The number of hydrogen-bond donors (Lipinski definition) is 2. The Morgan fingerprint density at radius 2 is 1.88 bits per heavy atom. The molecule has 0 fully saturated rings. The van der Waals surface area contributed by atoms with Gasteiger partial charge < -0.3 is 5.73 Å². The Hall–Kier alpha value is -2.10. The molecule has 1 aromatic carbocycles. The summed E-state index contributed by atoms with van der Waals surface area (Å²) >= 11 is 0. The van der Waals surface area contributed by atoms with Gasteiger partial charge in [0.05, 0.1) is 11.1 Å². The first-order valence-corrected chi connectivity index (χ1v) is 5.50. The lowest BCUT2D eigenvalue weighted by Gasteiger charge is -2.32. The van der Waals surface area contributed by atoms with E-state index in [2.05, 4.69) is 5.32 Å². The van der Waals surface area contributed by atoms with Gasteiger partial charge in [-0.05, 0) is 18.1 Å². The summed E-state index contributed by atoms with van der Waals surface area (Å²) in [4.78, 5) is 23.4. The second-order valence-corrected chi connectivity index (χ2v) is 4.07. The van der Waals surface area contributed by atoms with Crippen molar-refractivity contribution in [2.45, 2.75) is 18.8 Å². The molecule has 0 radical (unpaired) electrons. The lowest BCUT2D eigenvalue weighted by molar-refractivity contribution is -0.132. The molecule has 1 atom stereocenters. The van der Waals surface area contributed by atoms with Gasteiger partial charge in [0.15, 0.2) is 0 Å². The molecule has 2 rings (SSSR count). The van der Waals surface area contributed by atoms with E-state index in [0.29, 0.717) is 6.42 Å². The van der Waals surface area contributed by atoms with Crippen molar-refractivity contribution in [3.8, 4) is 0 Å². The molecule has 0 unspecified atom stereocenters. The Morgan fingerprint density at radius 3 is 2.47 bits per heavy atom. The molecule has 1 heterocycles. The van der Waals surface area contributed by atoms with Crippen molar-refractivity contribution in [3.05, 3.63) is 47.7 Å². The van der Waals surface area contributed by atoms with E-state index >= 15 is 0 Å². The van der Waals surface area contributed by atoms with E-state index in [1.165, 1.54) is 0 Å². The monoisotopic (exact) mass is 230 g/mol. The summed E-state index contributed by atoms with van der Waals surface area (Å²) in [7, 11) is 0. The highest BCUT2D eigenvalue weighted by atomic mass is 16.2. The summed E-state index contributed by atoms with van der Waals surface area (Å²) in [5.74, 6) is -0.833. The fourth-order valence-electron chi connectivity index (χ4n) is 2.10. The summed E-state index contributed by atoms with van der Waals surface area (Å²) in [6.07, 6.45) is 2.11. The Labute approximate surface area is 99.5 Å². The maximum atomic E-state index is 12.1. The summed E-state index contributed by atoms with van der Waals surface area (Å²) < 4.78 is 0. The van der Waals surface area contributed by atoms with Crippen molar-refractivity contribution >= 4 is 11.8 Å². The highest BCUT2D eigenvalue weighted by Gasteiger charge is 2.41. The first-order valence-electron chi connectivity index (χ1n) is 5.50. The quantitative estimate of drug-likeness (QED) is 0.739. The number of hydrogen-bond acceptors (Lipinski definition) is 3. The summed E-state index contributed by atoms with van der Waals surface area (Å²) in [5.41, 5.74) is 5.73.